The summed E-state index contributed by atoms with van der Waals surface area (Å²) in [6, 6.07) is 0. The molecular weight excluding hydrogens is 388 g/mol. The fourth-order valence-corrected chi connectivity index (χ4v) is 3.45. The predicted octanol–water partition coefficient (Wildman–Crippen LogP) is 7.17. The minimum Gasteiger partial charge on any atom is -0.308 e. The molecule has 1 amide bonds. The molecule has 1 heterocycles. The van der Waals surface area contributed by atoms with E-state index in [0.29, 0.717) is 17.1 Å². The second kappa shape index (κ2) is 16.6. The standard InChI is InChI=1S/C21H36N4OS2/c1-2-3-4-5-6-7-8-9-10-11-12-13-14-15-16-17-18(26)22-19-23-20(27)25-21(28)24-19/h9-10H,2-8,11-17H2,1H3,(H3,22,23,24,25,26,27,28). The lowest BCUT2D eigenvalue weighted by Crippen LogP contribution is -2.14. The zero-order chi connectivity index (χ0) is 20.5. The van der Waals surface area contributed by atoms with Crippen molar-refractivity contribution in [2.45, 2.75) is 96.8 Å². The van der Waals surface area contributed by atoms with Crippen LogP contribution in [0.15, 0.2) is 12.2 Å². The van der Waals surface area contributed by atoms with Crippen LogP contribution in [0.2, 0.25) is 0 Å². The number of carbonyl (C=O) groups is 1. The molecule has 0 aliphatic rings. The Morgan fingerprint density at radius 2 is 1.46 bits per heavy atom. The average Bonchev–Trinajstić information content (AvgIpc) is 2.64. The van der Waals surface area contributed by atoms with Crippen molar-refractivity contribution >= 4 is 36.3 Å². The minimum atomic E-state index is -0.0589. The van der Waals surface area contributed by atoms with Gasteiger partial charge in [-0.15, -0.1) is 0 Å². The molecule has 0 spiro atoms. The summed E-state index contributed by atoms with van der Waals surface area (Å²) in [5.74, 6) is 0.253. The highest BCUT2D eigenvalue weighted by atomic mass is 32.1. The van der Waals surface area contributed by atoms with Crippen LogP contribution in [0.4, 0.5) is 5.95 Å². The Morgan fingerprint density at radius 3 is 2.07 bits per heavy atom. The van der Waals surface area contributed by atoms with Crippen molar-refractivity contribution in [2.24, 2.45) is 0 Å². The molecule has 0 radical (unpaired) electrons. The zero-order valence-electron chi connectivity index (χ0n) is 17.2. The lowest BCUT2D eigenvalue weighted by Gasteiger charge is -2.04. The number of aromatic amines is 2. The molecule has 0 aromatic carbocycles. The van der Waals surface area contributed by atoms with E-state index in [0.717, 1.165) is 12.8 Å². The Labute approximate surface area is 179 Å². The van der Waals surface area contributed by atoms with Gasteiger partial charge in [-0.2, -0.15) is 4.98 Å². The van der Waals surface area contributed by atoms with Gasteiger partial charge in [-0.25, -0.2) is 0 Å². The number of rotatable bonds is 16. The quantitative estimate of drug-likeness (QED) is 0.149. The normalized spacial score (nSPS) is 11.2. The summed E-state index contributed by atoms with van der Waals surface area (Å²) in [6.07, 6.45) is 21.4. The Bertz CT molecular complexity index is 653. The first-order valence-electron chi connectivity index (χ1n) is 10.8. The SMILES string of the molecule is CCCCCCCCC=CCCCCCCCC(=O)Nc1nc(=S)[nH]c(=S)[nH]1. The molecular formula is C21H36N4OS2. The third-order valence-corrected chi connectivity index (χ3v) is 4.99. The lowest BCUT2D eigenvalue weighted by atomic mass is 10.1. The van der Waals surface area contributed by atoms with E-state index >= 15 is 0 Å². The van der Waals surface area contributed by atoms with Crippen LogP contribution < -0.4 is 5.32 Å². The van der Waals surface area contributed by atoms with Gasteiger partial charge in [0.2, 0.25) is 16.6 Å². The second-order valence-corrected chi connectivity index (χ2v) is 8.02. The smallest absolute Gasteiger partial charge is 0.226 e. The molecule has 0 fully saturated rings. The van der Waals surface area contributed by atoms with Crippen molar-refractivity contribution < 1.29 is 4.79 Å². The molecule has 0 saturated carbocycles. The first-order valence-corrected chi connectivity index (χ1v) is 11.6. The maximum atomic E-state index is 11.9. The van der Waals surface area contributed by atoms with E-state index in [9.17, 15) is 4.79 Å². The van der Waals surface area contributed by atoms with E-state index in [2.05, 4.69) is 39.3 Å². The molecule has 158 valence electrons. The number of hydrogen-bond donors (Lipinski definition) is 3. The molecule has 3 N–H and O–H groups in total. The average molecular weight is 425 g/mol. The molecule has 0 atom stereocenters. The van der Waals surface area contributed by atoms with Crippen LogP contribution in [0.1, 0.15) is 96.8 Å². The molecule has 1 rings (SSSR count). The monoisotopic (exact) mass is 424 g/mol. The molecule has 28 heavy (non-hydrogen) atoms. The van der Waals surface area contributed by atoms with Gasteiger partial charge in [0.15, 0.2) is 4.77 Å². The number of allylic oxidation sites excluding steroid dienone is 2. The van der Waals surface area contributed by atoms with Gasteiger partial charge in [0, 0.05) is 6.42 Å². The molecule has 5 nitrogen and oxygen atoms in total. The summed E-state index contributed by atoms with van der Waals surface area (Å²) in [4.78, 5) is 21.4. The summed E-state index contributed by atoms with van der Waals surface area (Å²) in [5, 5.41) is 2.71. The van der Waals surface area contributed by atoms with Gasteiger partial charge in [-0.3, -0.25) is 10.1 Å². The zero-order valence-corrected chi connectivity index (χ0v) is 18.9. The van der Waals surface area contributed by atoms with E-state index in [1.807, 2.05) is 0 Å². The Hall–Kier alpha value is -1.34. The number of aromatic nitrogens is 3. The molecule has 0 aliphatic carbocycles. The third-order valence-electron chi connectivity index (χ3n) is 4.59. The molecule has 1 aromatic rings. The molecule has 1 aromatic heterocycles. The summed E-state index contributed by atoms with van der Waals surface area (Å²) >= 11 is 9.91. The molecule has 0 bridgehead atoms. The van der Waals surface area contributed by atoms with Crippen molar-refractivity contribution in [3.05, 3.63) is 21.7 Å². The highest BCUT2D eigenvalue weighted by molar-refractivity contribution is 7.71. The summed E-state index contributed by atoms with van der Waals surface area (Å²) < 4.78 is 0.622. The molecule has 0 unspecified atom stereocenters. The van der Waals surface area contributed by atoms with Gasteiger partial charge in [0.1, 0.15) is 0 Å². The number of anilines is 1. The number of nitrogens with zero attached hydrogens (tertiary/aromatic N) is 1. The van der Waals surface area contributed by atoms with Crippen LogP contribution in [-0.2, 0) is 4.79 Å². The number of carbonyl (C=O) groups excluding carboxylic acids is 1. The van der Waals surface area contributed by atoms with Crippen LogP contribution in [-0.4, -0.2) is 20.9 Å². The number of amides is 1. The highest BCUT2D eigenvalue weighted by Crippen LogP contribution is 2.10. The lowest BCUT2D eigenvalue weighted by molar-refractivity contribution is -0.116. The number of H-pyrrole nitrogens is 2. The predicted molar refractivity (Wildman–Crippen MR) is 123 cm³/mol. The topological polar surface area (TPSA) is 73.6 Å². The summed E-state index contributed by atoms with van der Waals surface area (Å²) in [6.45, 7) is 2.26. The van der Waals surface area contributed by atoms with Crippen LogP contribution in [0, 0.1) is 9.54 Å². The molecule has 0 saturated heterocycles. The molecule has 0 aliphatic heterocycles. The van der Waals surface area contributed by atoms with Crippen molar-refractivity contribution in [2.75, 3.05) is 5.32 Å². The van der Waals surface area contributed by atoms with Gasteiger partial charge in [-0.05, 0) is 56.5 Å². The van der Waals surface area contributed by atoms with Gasteiger partial charge in [0.25, 0.3) is 0 Å². The minimum absolute atomic E-state index is 0.0589. The summed E-state index contributed by atoms with van der Waals surface area (Å²) in [5.41, 5.74) is 0. The molecule has 7 heteroatoms. The van der Waals surface area contributed by atoms with Crippen LogP contribution in [0.3, 0.4) is 0 Å². The Balaban J connectivity index is 1.93. The Morgan fingerprint density at radius 1 is 0.893 bits per heavy atom. The van der Waals surface area contributed by atoms with Gasteiger partial charge in [-0.1, -0.05) is 70.4 Å². The number of unbranched alkanes of at least 4 members (excludes halogenated alkanes) is 11. The third kappa shape index (κ3) is 13.8. The van der Waals surface area contributed by atoms with Gasteiger partial charge >= 0.3 is 0 Å². The largest absolute Gasteiger partial charge is 0.308 e. The Kier molecular flexibility index (Phi) is 14.6. The first kappa shape index (κ1) is 24.7. The van der Waals surface area contributed by atoms with Crippen LogP contribution >= 0.6 is 24.4 Å². The fraction of sp³-hybridized carbons (Fsp3) is 0.714. The number of hydrogen-bond acceptors (Lipinski definition) is 4. The first-order chi connectivity index (χ1) is 13.6. The second-order valence-electron chi connectivity index (χ2n) is 7.23. The fourth-order valence-electron chi connectivity index (χ4n) is 3.00. The van der Waals surface area contributed by atoms with Crippen LogP contribution in [0.25, 0.3) is 0 Å². The summed E-state index contributed by atoms with van der Waals surface area (Å²) in [7, 11) is 0. The van der Waals surface area contributed by atoms with Crippen molar-refractivity contribution in [3.63, 3.8) is 0 Å². The van der Waals surface area contributed by atoms with E-state index < -0.39 is 0 Å². The maximum Gasteiger partial charge on any atom is 0.226 e. The van der Waals surface area contributed by atoms with Gasteiger partial charge < -0.3 is 9.97 Å². The van der Waals surface area contributed by atoms with Crippen molar-refractivity contribution in [1.29, 1.82) is 0 Å². The van der Waals surface area contributed by atoms with E-state index in [4.69, 9.17) is 24.4 Å². The number of nitrogens with one attached hydrogen (secondary N) is 3. The van der Waals surface area contributed by atoms with E-state index in [1.54, 1.807) is 0 Å². The van der Waals surface area contributed by atoms with E-state index in [-0.39, 0.29) is 10.7 Å². The van der Waals surface area contributed by atoms with Crippen molar-refractivity contribution in [3.8, 4) is 0 Å². The van der Waals surface area contributed by atoms with Gasteiger partial charge in [0.05, 0.1) is 0 Å². The highest BCUT2D eigenvalue weighted by Gasteiger charge is 2.03. The van der Waals surface area contributed by atoms with Crippen LogP contribution in [0.5, 0.6) is 0 Å². The maximum absolute atomic E-state index is 11.9. The van der Waals surface area contributed by atoms with Crippen molar-refractivity contribution in [1.82, 2.24) is 15.0 Å². The van der Waals surface area contributed by atoms with E-state index in [1.165, 1.54) is 70.6 Å².